The second kappa shape index (κ2) is 7.71. The maximum atomic E-state index is 13.4. The predicted molar refractivity (Wildman–Crippen MR) is 83.0 cm³/mol. The third kappa shape index (κ3) is 4.28. The van der Waals surface area contributed by atoms with Crippen molar-refractivity contribution in [3.63, 3.8) is 0 Å². The van der Waals surface area contributed by atoms with E-state index < -0.39 is 11.8 Å². The molecule has 23 heavy (non-hydrogen) atoms. The molecule has 2 aromatic heterocycles. The van der Waals surface area contributed by atoms with Crippen molar-refractivity contribution in [1.29, 1.82) is 0 Å². The number of carboxylic acids is 1. The minimum Gasteiger partial charge on any atom is -0.481 e. The lowest BCUT2D eigenvalue weighted by Crippen LogP contribution is -2.26. The van der Waals surface area contributed by atoms with Crippen molar-refractivity contribution in [3.05, 3.63) is 35.5 Å². The fraction of sp³-hybridized carbons (Fsp3) is 0.438. The number of nitrogens with zero attached hydrogens (tertiary/aromatic N) is 2. The number of halogens is 1. The minimum atomic E-state index is -0.811. The molecule has 0 aliphatic heterocycles. The number of fused-ring (bicyclic) bond motifs is 1. The number of aromatic nitrogens is 2. The Morgan fingerprint density at radius 3 is 2.78 bits per heavy atom. The highest BCUT2D eigenvalue weighted by Gasteiger charge is 2.18. The Kier molecular flexibility index (Phi) is 5.67. The Bertz CT molecular complexity index is 712. The molecule has 2 aromatic rings. The van der Waals surface area contributed by atoms with Gasteiger partial charge in [-0.2, -0.15) is 0 Å². The number of nitrogens with one attached hydrogen (secondary N) is 1. The van der Waals surface area contributed by atoms with Crippen molar-refractivity contribution in [2.75, 3.05) is 6.54 Å². The number of amides is 1. The van der Waals surface area contributed by atoms with Crippen molar-refractivity contribution in [2.45, 2.75) is 39.0 Å². The summed E-state index contributed by atoms with van der Waals surface area (Å²) in [5.74, 6) is -1.53. The molecule has 2 N–H and O–H groups in total. The van der Waals surface area contributed by atoms with Gasteiger partial charge in [0, 0.05) is 19.2 Å². The number of carboxylic acid groups (broad SMARTS) is 1. The molecule has 1 amide bonds. The highest BCUT2D eigenvalue weighted by atomic mass is 19.1. The maximum Gasteiger partial charge on any atom is 0.303 e. The molecule has 0 aliphatic rings. The standard InChI is InChI=1S/C16H20FN3O3/c1-2-12-15(20-10-11(17)7-8-13(20)19-12)16(23)18-9-5-3-4-6-14(21)22/h7-8,10H,2-6,9H2,1H3,(H,18,23)(H,21,22). The van der Waals surface area contributed by atoms with Crippen molar-refractivity contribution < 1.29 is 19.1 Å². The van der Waals surface area contributed by atoms with Crippen LogP contribution in [0, 0.1) is 5.82 Å². The predicted octanol–water partition coefficient (Wildman–Crippen LogP) is 2.41. The first-order valence-electron chi connectivity index (χ1n) is 7.69. The zero-order chi connectivity index (χ0) is 16.8. The van der Waals surface area contributed by atoms with Crippen molar-refractivity contribution in [3.8, 4) is 0 Å². The molecule has 0 bridgehead atoms. The van der Waals surface area contributed by atoms with Gasteiger partial charge in [0.1, 0.15) is 17.2 Å². The molecule has 2 heterocycles. The Labute approximate surface area is 133 Å². The van der Waals surface area contributed by atoms with E-state index in [1.807, 2.05) is 6.92 Å². The molecule has 0 unspecified atom stereocenters. The van der Waals surface area contributed by atoms with Crippen LogP contribution in [0.2, 0.25) is 0 Å². The van der Waals surface area contributed by atoms with Crippen LogP contribution < -0.4 is 5.32 Å². The van der Waals surface area contributed by atoms with E-state index in [-0.39, 0.29) is 12.3 Å². The summed E-state index contributed by atoms with van der Waals surface area (Å²) in [6, 6.07) is 2.85. The second-order valence-corrected chi connectivity index (χ2v) is 5.30. The summed E-state index contributed by atoms with van der Waals surface area (Å²) >= 11 is 0. The molecule has 2 rings (SSSR count). The second-order valence-electron chi connectivity index (χ2n) is 5.30. The molecular formula is C16H20FN3O3. The molecule has 0 saturated heterocycles. The number of hydrogen-bond acceptors (Lipinski definition) is 3. The summed E-state index contributed by atoms with van der Waals surface area (Å²) < 4.78 is 14.9. The Morgan fingerprint density at radius 1 is 1.30 bits per heavy atom. The van der Waals surface area contributed by atoms with Crippen LogP contribution in [0.5, 0.6) is 0 Å². The summed E-state index contributed by atoms with van der Waals surface area (Å²) in [4.78, 5) is 27.1. The van der Waals surface area contributed by atoms with E-state index >= 15 is 0 Å². The third-order valence-electron chi connectivity index (χ3n) is 3.56. The quantitative estimate of drug-likeness (QED) is 0.731. The van der Waals surface area contributed by atoms with Gasteiger partial charge in [-0.1, -0.05) is 13.3 Å². The summed E-state index contributed by atoms with van der Waals surface area (Å²) in [5.41, 5.74) is 1.52. The van der Waals surface area contributed by atoms with Crippen LogP contribution in [-0.2, 0) is 11.2 Å². The number of imidazole rings is 1. The topological polar surface area (TPSA) is 83.7 Å². The van der Waals surface area contributed by atoms with Crippen LogP contribution in [-0.4, -0.2) is 32.9 Å². The number of unbranched alkanes of at least 4 members (excludes halogenated alkanes) is 2. The first-order valence-corrected chi connectivity index (χ1v) is 7.69. The van der Waals surface area contributed by atoms with Gasteiger partial charge in [-0.25, -0.2) is 9.37 Å². The first kappa shape index (κ1) is 16.9. The molecule has 0 aromatic carbocycles. The third-order valence-corrected chi connectivity index (χ3v) is 3.56. The molecule has 0 fully saturated rings. The number of pyridine rings is 1. The van der Waals surface area contributed by atoms with Crippen molar-refractivity contribution in [2.24, 2.45) is 0 Å². The average molecular weight is 321 g/mol. The first-order chi connectivity index (χ1) is 11.0. The maximum absolute atomic E-state index is 13.4. The lowest BCUT2D eigenvalue weighted by atomic mass is 10.2. The zero-order valence-corrected chi connectivity index (χ0v) is 13.0. The monoisotopic (exact) mass is 321 g/mol. The molecule has 6 nitrogen and oxygen atoms in total. The Hall–Kier alpha value is -2.44. The highest BCUT2D eigenvalue weighted by molar-refractivity contribution is 5.94. The van der Waals surface area contributed by atoms with Gasteiger partial charge in [-0.15, -0.1) is 0 Å². The Balaban J connectivity index is 2.00. The number of carbonyl (C=O) groups excluding carboxylic acids is 1. The van der Waals surface area contributed by atoms with E-state index in [9.17, 15) is 14.0 Å². The Morgan fingerprint density at radius 2 is 2.09 bits per heavy atom. The number of aryl methyl sites for hydroxylation is 1. The van der Waals surface area contributed by atoms with Gasteiger partial charge in [0.2, 0.25) is 0 Å². The van der Waals surface area contributed by atoms with Crippen LogP contribution >= 0.6 is 0 Å². The van der Waals surface area contributed by atoms with Crippen molar-refractivity contribution in [1.82, 2.24) is 14.7 Å². The SMILES string of the molecule is CCc1nc2ccc(F)cn2c1C(=O)NCCCCCC(=O)O. The largest absolute Gasteiger partial charge is 0.481 e. The van der Waals surface area contributed by atoms with Crippen LogP contribution in [0.25, 0.3) is 5.65 Å². The van der Waals surface area contributed by atoms with Crippen molar-refractivity contribution >= 4 is 17.5 Å². The van der Waals surface area contributed by atoms with Gasteiger partial charge in [-0.05, 0) is 31.4 Å². The van der Waals surface area contributed by atoms with Gasteiger partial charge in [0.25, 0.3) is 5.91 Å². The number of hydrogen-bond donors (Lipinski definition) is 2. The fourth-order valence-electron chi connectivity index (χ4n) is 2.42. The molecule has 0 spiro atoms. The van der Waals surface area contributed by atoms with E-state index in [0.717, 1.165) is 6.42 Å². The number of carbonyl (C=O) groups is 2. The van der Waals surface area contributed by atoms with Crippen LogP contribution in [0.3, 0.4) is 0 Å². The average Bonchev–Trinajstić information content (AvgIpc) is 2.87. The smallest absolute Gasteiger partial charge is 0.303 e. The molecule has 0 radical (unpaired) electrons. The van der Waals surface area contributed by atoms with Gasteiger partial charge < -0.3 is 10.4 Å². The summed E-state index contributed by atoms with van der Waals surface area (Å²) in [6.07, 6.45) is 3.99. The summed E-state index contributed by atoms with van der Waals surface area (Å²) in [7, 11) is 0. The lowest BCUT2D eigenvalue weighted by molar-refractivity contribution is -0.137. The summed E-state index contributed by atoms with van der Waals surface area (Å²) in [6.45, 7) is 2.34. The van der Waals surface area contributed by atoms with E-state index in [0.29, 0.717) is 42.8 Å². The van der Waals surface area contributed by atoms with E-state index in [1.165, 1.54) is 22.7 Å². The van der Waals surface area contributed by atoms with Crippen LogP contribution in [0.1, 0.15) is 48.8 Å². The normalized spacial score (nSPS) is 10.9. The molecule has 0 atom stereocenters. The molecular weight excluding hydrogens is 301 g/mol. The molecule has 7 heteroatoms. The number of rotatable bonds is 8. The van der Waals surface area contributed by atoms with Gasteiger partial charge >= 0.3 is 5.97 Å². The molecule has 0 saturated carbocycles. The molecule has 0 aliphatic carbocycles. The van der Waals surface area contributed by atoms with Gasteiger partial charge in [0.05, 0.1) is 5.69 Å². The van der Waals surface area contributed by atoms with E-state index in [1.54, 1.807) is 0 Å². The molecule has 124 valence electrons. The minimum absolute atomic E-state index is 0.139. The van der Waals surface area contributed by atoms with Gasteiger partial charge in [0.15, 0.2) is 0 Å². The van der Waals surface area contributed by atoms with E-state index in [2.05, 4.69) is 10.3 Å². The summed E-state index contributed by atoms with van der Waals surface area (Å²) in [5, 5.41) is 11.3. The van der Waals surface area contributed by atoms with Crippen LogP contribution in [0.4, 0.5) is 4.39 Å². The lowest BCUT2D eigenvalue weighted by Gasteiger charge is -2.06. The zero-order valence-electron chi connectivity index (χ0n) is 13.0. The highest BCUT2D eigenvalue weighted by Crippen LogP contribution is 2.14. The fourth-order valence-corrected chi connectivity index (χ4v) is 2.42. The van der Waals surface area contributed by atoms with E-state index in [4.69, 9.17) is 5.11 Å². The number of aliphatic carboxylic acids is 1. The van der Waals surface area contributed by atoms with Crippen LogP contribution in [0.15, 0.2) is 18.3 Å². The van der Waals surface area contributed by atoms with Gasteiger partial charge in [-0.3, -0.25) is 14.0 Å².